The van der Waals surface area contributed by atoms with Gasteiger partial charge in [-0.15, -0.1) is 0 Å². The second-order valence-electron chi connectivity index (χ2n) is 4.32. The number of likely N-dealkylation sites (N-methyl/N-ethyl adjacent to an activating group) is 1. The third kappa shape index (κ3) is 2.93. The van der Waals surface area contributed by atoms with Crippen LogP contribution < -0.4 is 5.73 Å². The van der Waals surface area contributed by atoms with Crippen LogP contribution in [0.3, 0.4) is 0 Å². The quantitative estimate of drug-likeness (QED) is 0.671. The molecule has 1 rings (SSSR count). The van der Waals surface area contributed by atoms with Crippen molar-refractivity contribution >= 4 is 0 Å². The van der Waals surface area contributed by atoms with Crippen LogP contribution in [0.2, 0.25) is 0 Å². The van der Waals surface area contributed by atoms with Gasteiger partial charge < -0.3 is 10.6 Å². The molecule has 1 aliphatic rings. The minimum atomic E-state index is 0.699. The largest absolute Gasteiger partial charge is 0.329 e. The third-order valence-electron chi connectivity index (χ3n) is 2.89. The molecule has 0 saturated carbocycles. The van der Waals surface area contributed by atoms with E-state index >= 15 is 0 Å². The van der Waals surface area contributed by atoms with Crippen molar-refractivity contribution in [1.29, 1.82) is 0 Å². The summed E-state index contributed by atoms with van der Waals surface area (Å²) < 4.78 is 0. The van der Waals surface area contributed by atoms with Gasteiger partial charge in [0.05, 0.1) is 0 Å². The molecular weight excluding hydrogens is 162 g/mol. The molecule has 1 saturated heterocycles. The summed E-state index contributed by atoms with van der Waals surface area (Å²) in [6, 6.07) is 1.47. The molecule has 0 radical (unpaired) electrons. The van der Waals surface area contributed by atoms with Crippen LogP contribution in [-0.4, -0.2) is 55.1 Å². The summed E-state index contributed by atoms with van der Waals surface area (Å²) in [4.78, 5) is 4.90. The highest BCUT2D eigenvalue weighted by atomic mass is 15.3. The summed E-state index contributed by atoms with van der Waals surface area (Å²) in [5, 5.41) is 0. The monoisotopic (exact) mass is 185 g/mol. The van der Waals surface area contributed by atoms with Crippen molar-refractivity contribution in [1.82, 2.24) is 9.80 Å². The zero-order valence-electron chi connectivity index (χ0n) is 9.16. The van der Waals surface area contributed by atoms with Crippen LogP contribution in [0.1, 0.15) is 20.3 Å². The fourth-order valence-electron chi connectivity index (χ4n) is 2.01. The normalized spacial score (nSPS) is 24.0. The molecule has 0 aromatic carbocycles. The van der Waals surface area contributed by atoms with Crippen LogP contribution >= 0.6 is 0 Å². The summed E-state index contributed by atoms with van der Waals surface area (Å²) in [5.41, 5.74) is 5.50. The Morgan fingerprint density at radius 2 is 2.23 bits per heavy atom. The maximum atomic E-state index is 5.50. The molecule has 2 N–H and O–H groups in total. The first-order valence-electron chi connectivity index (χ1n) is 5.29. The topological polar surface area (TPSA) is 32.5 Å². The predicted octanol–water partition coefficient (Wildman–Crippen LogP) is 0.360. The van der Waals surface area contributed by atoms with E-state index in [0.717, 1.165) is 19.1 Å². The summed E-state index contributed by atoms with van der Waals surface area (Å²) in [5.74, 6) is 0. The minimum Gasteiger partial charge on any atom is -0.329 e. The molecule has 1 atom stereocenters. The van der Waals surface area contributed by atoms with Crippen LogP contribution in [0.15, 0.2) is 0 Å². The van der Waals surface area contributed by atoms with Gasteiger partial charge >= 0.3 is 0 Å². The molecule has 3 heteroatoms. The third-order valence-corrected chi connectivity index (χ3v) is 2.89. The molecule has 0 aliphatic carbocycles. The van der Waals surface area contributed by atoms with Crippen LogP contribution in [0, 0.1) is 0 Å². The molecule has 3 nitrogen and oxygen atoms in total. The molecule has 13 heavy (non-hydrogen) atoms. The van der Waals surface area contributed by atoms with Crippen molar-refractivity contribution < 1.29 is 0 Å². The van der Waals surface area contributed by atoms with Crippen LogP contribution in [0.5, 0.6) is 0 Å². The van der Waals surface area contributed by atoms with Gasteiger partial charge in [-0.2, -0.15) is 0 Å². The van der Waals surface area contributed by atoms with E-state index in [2.05, 4.69) is 30.7 Å². The highest BCUT2D eigenvalue weighted by Crippen LogP contribution is 2.20. The lowest BCUT2D eigenvalue weighted by Crippen LogP contribution is -2.55. The van der Waals surface area contributed by atoms with Gasteiger partial charge in [-0.25, -0.2) is 0 Å². The first-order valence-corrected chi connectivity index (χ1v) is 5.29. The van der Waals surface area contributed by atoms with Gasteiger partial charge in [0, 0.05) is 38.3 Å². The Kier molecular flexibility index (Phi) is 4.16. The summed E-state index contributed by atoms with van der Waals surface area (Å²) in [7, 11) is 2.16. The Morgan fingerprint density at radius 3 is 2.62 bits per heavy atom. The standard InChI is InChI=1S/C10H23N3/c1-9(2)13-6-4-10(13)8-12(3)7-5-11/h9-10H,4-8,11H2,1-3H3. The Labute approximate surface area is 81.9 Å². The van der Waals surface area contributed by atoms with Gasteiger partial charge in [0.15, 0.2) is 0 Å². The molecule has 1 heterocycles. The molecule has 0 amide bonds. The number of nitrogens with zero attached hydrogens (tertiary/aromatic N) is 2. The van der Waals surface area contributed by atoms with Crippen LogP contribution in [0.25, 0.3) is 0 Å². The summed E-state index contributed by atoms with van der Waals surface area (Å²) in [6.07, 6.45) is 1.35. The molecular formula is C10H23N3. The highest BCUT2D eigenvalue weighted by Gasteiger charge is 2.30. The lowest BCUT2D eigenvalue weighted by molar-refractivity contribution is 0.0355. The van der Waals surface area contributed by atoms with Gasteiger partial charge in [-0.3, -0.25) is 4.90 Å². The number of likely N-dealkylation sites (tertiary alicyclic amines) is 1. The number of hydrogen-bond donors (Lipinski definition) is 1. The summed E-state index contributed by atoms with van der Waals surface area (Å²) in [6.45, 7) is 8.78. The summed E-state index contributed by atoms with van der Waals surface area (Å²) >= 11 is 0. The van der Waals surface area contributed by atoms with E-state index in [0.29, 0.717) is 6.04 Å². The molecule has 1 unspecified atom stereocenters. The van der Waals surface area contributed by atoms with Gasteiger partial charge in [0.1, 0.15) is 0 Å². The van der Waals surface area contributed by atoms with Gasteiger partial charge in [-0.05, 0) is 27.3 Å². The van der Waals surface area contributed by atoms with Crippen molar-refractivity contribution in [2.75, 3.05) is 33.2 Å². The van der Waals surface area contributed by atoms with Gasteiger partial charge in [0.2, 0.25) is 0 Å². The minimum absolute atomic E-state index is 0.699. The molecule has 0 aromatic heterocycles. The molecule has 1 fully saturated rings. The van der Waals surface area contributed by atoms with E-state index in [4.69, 9.17) is 5.73 Å². The van der Waals surface area contributed by atoms with Crippen molar-refractivity contribution in [2.45, 2.75) is 32.4 Å². The fraction of sp³-hybridized carbons (Fsp3) is 1.00. The maximum absolute atomic E-state index is 5.50. The fourth-order valence-corrected chi connectivity index (χ4v) is 2.01. The van der Waals surface area contributed by atoms with Gasteiger partial charge in [-0.1, -0.05) is 0 Å². The first-order chi connectivity index (χ1) is 6.15. The molecule has 0 aromatic rings. The smallest absolute Gasteiger partial charge is 0.0237 e. The van der Waals surface area contributed by atoms with E-state index in [9.17, 15) is 0 Å². The SMILES string of the molecule is CC(C)N1CCC1CN(C)CCN. The van der Waals surface area contributed by atoms with Crippen molar-refractivity contribution in [2.24, 2.45) is 5.73 Å². The lowest BCUT2D eigenvalue weighted by Gasteiger charge is -2.45. The zero-order chi connectivity index (χ0) is 9.84. The van der Waals surface area contributed by atoms with Crippen LogP contribution in [0.4, 0.5) is 0 Å². The van der Waals surface area contributed by atoms with Gasteiger partial charge in [0.25, 0.3) is 0 Å². The van der Waals surface area contributed by atoms with E-state index < -0.39 is 0 Å². The lowest BCUT2D eigenvalue weighted by atomic mass is 10.0. The average molecular weight is 185 g/mol. The van der Waals surface area contributed by atoms with Crippen molar-refractivity contribution in [3.8, 4) is 0 Å². The molecule has 0 spiro atoms. The Balaban J connectivity index is 2.21. The number of hydrogen-bond acceptors (Lipinski definition) is 3. The van der Waals surface area contributed by atoms with E-state index in [1.54, 1.807) is 0 Å². The van der Waals surface area contributed by atoms with E-state index in [1.807, 2.05) is 0 Å². The number of rotatable bonds is 5. The Hall–Kier alpha value is -0.120. The molecule has 0 bridgehead atoms. The second kappa shape index (κ2) is 4.94. The van der Waals surface area contributed by atoms with Crippen molar-refractivity contribution in [3.05, 3.63) is 0 Å². The van der Waals surface area contributed by atoms with Crippen LogP contribution in [-0.2, 0) is 0 Å². The Bertz CT molecular complexity index is 147. The average Bonchev–Trinajstić information content (AvgIpc) is 1.97. The highest BCUT2D eigenvalue weighted by molar-refractivity contribution is 4.86. The first kappa shape index (κ1) is 11.0. The Morgan fingerprint density at radius 1 is 1.54 bits per heavy atom. The van der Waals surface area contributed by atoms with E-state index in [1.165, 1.54) is 19.5 Å². The molecule has 1 aliphatic heterocycles. The zero-order valence-corrected chi connectivity index (χ0v) is 9.16. The maximum Gasteiger partial charge on any atom is 0.0237 e. The van der Waals surface area contributed by atoms with E-state index in [-0.39, 0.29) is 0 Å². The van der Waals surface area contributed by atoms with Crippen molar-refractivity contribution in [3.63, 3.8) is 0 Å². The number of nitrogens with two attached hydrogens (primary N) is 1. The second-order valence-corrected chi connectivity index (χ2v) is 4.32. The molecule has 78 valence electrons. The predicted molar refractivity (Wildman–Crippen MR) is 56.8 cm³/mol.